The summed E-state index contributed by atoms with van der Waals surface area (Å²) in [5.41, 5.74) is 1.08. The summed E-state index contributed by atoms with van der Waals surface area (Å²) in [6.45, 7) is 4.15. The monoisotopic (exact) mass is 258 g/mol. The molecule has 0 aromatic carbocycles. The molecule has 0 amide bonds. The summed E-state index contributed by atoms with van der Waals surface area (Å²) in [7, 11) is 0. The first-order valence-corrected chi connectivity index (χ1v) is 5.46. The summed E-state index contributed by atoms with van der Waals surface area (Å²) in [5.74, 6) is 0.842. The number of aryl methyl sites for hydroxylation is 1. The summed E-state index contributed by atoms with van der Waals surface area (Å²) in [5, 5.41) is 12.2. The van der Waals surface area contributed by atoms with E-state index >= 15 is 0 Å². The third kappa shape index (κ3) is 2.96. The molecule has 0 spiro atoms. The zero-order chi connectivity index (χ0) is 10.6. The van der Waals surface area contributed by atoms with Crippen LogP contribution in [0.25, 0.3) is 0 Å². The highest BCUT2D eigenvalue weighted by Gasteiger charge is 2.06. The van der Waals surface area contributed by atoms with E-state index in [1.807, 2.05) is 19.9 Å². The standard InChI is InChI=1S/C10H15BrN2O/c1-3-9(6-14)13-10-7(2)4-8(11)5-12-10/h4-5,9,14H,3,6H2,1-2H3,(H,12,13). The number of nitrogens with zero attached hydrogens (tertiary/aromatic N) is 1. The number of halogens is 1. The van der Waals surface area contributed by atoms with Gasteiger partial charge in [-0.05, 0) is 40.9 Å². The van der Waals surface area contributed by atoms with Gasteiger partial charge >= 0.3 is 0 Å². The van der Waals surface area contributed by atoms with Gasteiger partial charge in [0, 0.05) is 10.7 Å². The topological polar surface area (TPSA) is 45.1 Å². The van der Waals surface area contributed by atoms with Crippen molar-refractivity contribution in [1.29, 1.82) is 0 Å². The number of nitrogens with one attached hydrogen (secondary N) is 1. The number of aliphatic hydroxyl groups is 1. The van der Waals surface area contributed by atoms with Crippen LogP contribution in [0.1, 0.15) is 18.9 Å². The number of aliphatic hydroxyl groups excluding tert-OH is 1. The zero-order valence-electron chi connectivity index (χ0n) is 8.42. The summed E-state index contributed by atoms with van der Waals surface area (Å²) >= 11 is 3.36. The highest BCUT2D eigenvalue weighted by Crippen LogP contribution is 2.17. The summed E-state index contributed by atoms with van der Waals surface area (Å²) < 4.78 is 0.970. The van der Waals surface area contributed by atoms with Crippen molar-refractivity contribution < 1.29 is 5.11 Å². The summed E-state index contributed by atoms with van der Waals surface area (Å²) in [4.78, 5) is 4.24. The molecule has 0 aliphatic heterocycles. The fourth-order valence-corrected chi connectivity index (χ4v) is 1.61. The van der Waals surface area contributed by atoms with E-state index in [1.165, 1.54) is 0 Å². The molecular formula is C10H15BrN2O. The fraction of sp³-hybridized carbons (Fsp3) is 0.500. The van der Waals surface area contributed by atoms with Gasteiger partial charge in [0.25, 0.3) is 0 Å². The van der Waals surface area contributed by atoms with Gasteiger partial charge in [0.05, 0.1) is 12.6 Å². The van der Waals surface area contributed by atoms with Gasteiger partial charge in [0.2, 0.25) is 0 Å². The van der Waals surface area contributed by atoms with Gasteiger partial charge in [-0.2, -0.15) is 0 Å². The van der Waals surface area contributed by atoms with Crippen molar-refractivity contribution in [3.8, 4) is 0 Å². The molecule has 0 saturated heterocycles. The molecule has 4 heteroatoms. The van der Waals surface area contributed by atoms with Crippen molar-refractivity contribution in [1.82, 2.24) is 4.98 Å². The van der Waals surface area contributed by atoms with Crippen LogP contribution in [-0.4, -0.2) is 22.7 Å². The van der Waals surface area contributed by atoms with E-state index in [-0.39, 0.29) is 12.6 Å². The maximum absolute atomic E-state index is 9.03. The maximum atomic E-state index is 9.03. The van der Waals surface area contributed by atoms with E-state index in [1.54, 1.807) is 6.20 Å². The number of hydrogen-bond donors (Lipinski definition) is 2. The highest BCUT2D eigenvalue weighted by atomic mass is 79.9. The Morgan fingerprint density at radius 1 is 1.64 bits per heavy atom. The third-order valence-electron chi connectivity index (χ3n) is 2.10. The largest absolute Gasteiger partial charge is 0.394 e. The molecule has 0 bridgehead atoms. The molecule has 1 rings (SSSR count). The number of anilines is 1. The molecule has 1 unspecified atom stereocenters. The van der Waals surface area contributed by atoms with Crippen LogP contribution < -0.4 is 5.32 Å². The molecule has 78 valence electrons. The van der Waals surface area contributed by atoms with Crippen LogP contribution in [-0.2, 0) is 0 Å². The minimum atomic E-state index is 0.0855. The van der Waals surface area contributed by atoms with Gasteiger partial charge in [0.1, 0.15) is 5.82 Å². The number of aromatic nitrogens is 1. The molecule has 14 heavy (non-hydrogen) atoms. The van der Waals surface area contributed by atoms with Crippen LogP contribution in [0.15, 0.2) is 16.7 Å². The molecule has 0 fully saturated rings. The average Bonchev–Trinajstić information content (AvgIpc) is 2.17. The molecule has 2 N–H and O–H groups in total. The second kappa shape index (κ2) is 5.32. The lowest BCUT2D eigenvalue weighted by atomic mass is 10.2. The molecular weight excluding hydrogens is 244 g/mol. The van der Waals surface area contributed by atoms with Crippen LogP contribution in [0.3, 0.4) is 0 Å². The van der Waals surface area contributed by atoms with E-state index in [4.69, 9.17) is 5.11 Å². The Balaban J connectivity index is 2.76. The van der Waals surface area contributed by atoms with Crippen molar-refractivity contribution in [3.05, 3.63) is 22.3 Å². The third-order valence-corrected chi connectivity index (χ3v) is 2.53. The average molecular weight is 259 g/mol. The molecule has 0 radical (unpaired) electrons. The van der Waals surface area contributed by atoms with Crippen LogP contribution in [0.2, 0.25) is 0 Å². The lowest BCUT2D eigenvalue weighted by Gasteiger charge is -2.16. The Morgan fingerprint density at radius 2 is 2.36 bits per heavy atom. The predicted octanol–water partition coefficient (Wildman–Crippen LogP) is 2.34. The zero-order valence-corrected chi connectivity index (χ0v) is 10.0. The maximum Gasteiger partial charge on any atom is 0.129 e. The molecule has 1 atom stereocenters. The van der Waals surface area contributed by atoms with Crippen LogP contribution in [0, 0.1) is 6.92 Å². The van der Waals surface area contributed by atoms with Crippen molar-refractivity contribution in [3.63, 3.8) is 0 Å². The molecule has 1 aromatic rings. The summed E-state index contributed by atoms with van der Waals surface area (Å²) in [6.07, 6.45) is 2.63. The van der Waals surface area contributed by atoms with Crippen molar-refractivity contribution in [2.24, 2.45) is 0 Å². The minimum Gasteiger partial charge on any atom is -0.394 e. The van der Waals surface area contributed by atoms with E-state index < -0.39 is 0 Å². The smallest absolute Gasteiger partial charge is 0.129 e. The lowest BCUT2D eigenvalue weighted by molar-refractivity contribution is 0.271. The predicted molar refractivity (Wildman–Crippen MR) is 61.5 cm³/mol. The fourth-order valence-electron chi connectivity index (χ4n) is 1.16. The first-order chi connectivity index (χ1) is 6.67. The molecule has 0 aliphatic carbocycles. The van der Waals surface area contributed by atoms with Gasteiger partial charge in [0.15, 0.2) is 0 Å². The Morgan fingerprint density at radius 3 is 2.86 bits per heavy atom. The molecule has 1 heterocycles. The van der Waals surface area contributed by atoms with Gasteiger partial charge < -0.3 is 10.4 Å². The second-order valence-electron chi connectivity index (χ2n) is 3.25. The highest BCUT2D eigenvalue weighted by molar-refractivity contribution is 9.10. The van der Waals surface area contributed by atoms with Gasteiger partial charge in [-0.25, -0.2) is 4.98 Å². The quantitative estimate of drug-likeness (QED) is 0.872. The normalized spacial score (nSPS) is 12.6. The van der Waals surface area contributed by atoms with E-state index in [0.717, 1.165) is 22.3 Å². The first-order valence-electron chi connectivity index (χ1n) is 4.67. The second-order valence-corrected chi connectivity index (χ2v) is 4.17. The van der Waals surface area contributed by atoms with Gasteiger partial charge in [-0.15, -0.1) is 0 Å². The van der Waals surface area contributed by atoms with E-state index in [2.05, 4.69) is 26.2 Å². The van der Waals surface area contributed by atoms with Crippen molar-refractivity contribution in [2.45, 2.75) is 26.3 Å². The van der Waals surface area contributed by atoms with Gasteiger partial charge in [-0.1, -0.05) is 6.92 Å². The van der Waals surface area contributed by atoms with E-state index in [9.17, 15) is 0 Å². The molecule has 1 aromatic heterocycles. The molecule has 0 saturated carbocycles. The number of pyridine rings is 1. The lowest BCUT2D eigenvalue weighted by Crippen LogP contribution is -2.23. The van der Waals surface area contributed by atoms with Crippen molar-refractivity contribution in [2.75, 3.05) is 11.9 Å². The Kier molecular flexibility index (Phi) is 4.35. The van der Waals surface area contributed by atoms with Gasteiger partial charge in [-0.3, -0.25) is 0 Å². The SMILES string of the molecule is CCC(CO)Nc1ncc(Br)cc1C. The van der Waals surface area contributed by atoms with E-state index in [0.29, 0.717) is 0 Å². The minimum absolute atomic E-state index is 0.0855. The number of rotatable bonds is 4. The molecule has 3 nitrogen and oxygen atoms in total. The van der Waals surface area contributed by atoms with Crippen LogP contribution in [0.5, 0.6) is 0 Å². The Labute approximate surface area is 92.7 Å². The Hall–Kier alpha value is -0.610. The van der Waals surface area contributed by atoms with Crippen LogP contribution >= 0.6 is 15.9 Å². The van der Waals surface area contributed by atoms with Crippen molar-refractivity contribution >= 4 is 21.7 Å². The first kappa shape index (κ1) is 11.5. The summed E-state index contributed by atoms with van der Waals surface area (Å²) in [6, 6.07) is 2.08. The molecule has 0 aliphatic rings. The Bertz CT molecular complexity index is 300. The van der Waals surface area contributed by atoms with Crippen LogP contribution in [0.4, 0.5) is 5.82 Å². The number of hydrogen-bond acceptors (Lipinski definition) is 3.